The predicted octanol–water partition coefficient (Wildman–Crippen LogP) is 3.88. The Bertz CT molecular complexity index is 1060. The number of fused-ring (bicyclic) bond motifs is 1. The van der Waals surface area contributed by atoms with Gasteiger partial charge in [-0.25, -0.2) is 4.79 Å². The number of nitrogens with one attached hydrogen (secondary N) is 2. The number of carbonyl (C=O) groups is 1. The fraction of sp³-hybridized carbons (Fsp3) is 0.577. The van der Waals surface area contributed by atoms with E-state index in [0.717, 1.165) is 11.1 Å². The molecule has 198 valence electrons. The molecule has 0 saturated carbocycles. The first-order chi connectivity index (χ1) is 16.9. The highest BCUT2D eigenvalue weighted by Gasteiger charge is 2.51. The minimum Gasteiger partial charge on any atom is -0.495 e. The molecule has 4 rings (SSSR count). The third-order valence-corrected chi connectivity index (χ3v) is 8.11. The van der Waals surface area contributed by atoms with Crippen molar-refractivity contribution in [3.63, 3.8) is 0 Å². The second-order valence-corrected chi connectivity index (χ2v) is 10.4. The van der Waals surface area contributed by atoms with Gasteiger partial charge in [-0.15, -0.1) is 0 Å². The highest BCUT2D eigenvalue weighted by atomic mass is 19.4. The standard InChI is InChI=1S/C26H33F3N2O5/c1-24(8-10-36-11-9-24)25(2)13-17(22(33)26(27,28)29)21(35-3)19(14-25)31-23(34)30-18-12-15-6-4-5-7-16(15)20(18)32/h4-7,13,18,20,22,32-33H,8-12,14H2,1-3H3,(H2,30,31,34)/t18-,20+,22+,25?/m1/s1. The molecule has 36 heavy (non-hydrogen) atoms. The maximum absolute atomic E-state index is 13.6. The van der Waals surface area contributed by atoms with Gasteiger partial charge in [0.25, 0.3) is 0 Å². The van der Waals surface area contributed by atoms with E-state index in [9.17, 15) is 28.2 Å². The number of hydrogen-bond acceptors (Lipinski definition) is 5. The smallest absolute Gasteiger partial charge is 0.418 e. The molecule has 1 aliphatic heterocycles. The van der Waals surface area contributed by atoms with Crippen LogP contribution in [0.25, 0.3) is 0 Å². The van der Waals surface area contributed by atoms with Crippen LogP contribution in [0, 0.1) is 10.8 Å². The largest absolute Gasteiger partial charge is 0.495 e. The van der Waals surface area contributed by atoms with E-state index in [1.165, 1.54) is 13.2 Å². The van der Waals surface area contributed by atoms with Crippen molar-refractivity contribution in [2.75, 3.05) is 20.3 Å². The van der Waals surface area contributed by atoms with Crippen molar-refractivity contribution < 1.29 is 37.7 Å². The van der Waals surface area contributed by atoms with E-state index < -0.39 is 46.9 Å². The molecule has 0 bridgehead atoms. The van der Waals surface area contributed by atoms with E-state index in [4.69, 9.17) is 9.47 Å². The summed E-state index contributed by atoms with van der Waals surface area (Å²) in [6, 6.07) is 6.07. The van der Waals surface area contributed by atoms with Gasteiger partial charge in [-0.1, -0.05) is 44.2 Å². The molecule has 1 aromatic carbocycles. The summed E-state index contributed by atoms with van der Waals surface area (Å²) in [7, 11) is 1.21. The van der Waals surface area contributed by atoms with E-state index in [1.54, 1.807) is 12.1 Å². The zero-order chi connectivity index (χ0) is 26.3. The lowest BCUT2D eigenvalue weighted by Gasteiger charge is -2.50. The van der Waals surface area contributed by atoms with Gasteiger partial charge in [-0.05, 0) is 41.2 Å². The van der Waals surface area contributed by atoms with E-state index in [-0.39, 0.29) is 17.9 Å². The third-order valence-electron chi connectivity index (χ3n) is 8.11. The van der Waals surface area contributed by atoms with Crippen molar-refractivity contribution in [3.8, 4) is 0 Å². The van der Waals surface area contributed by atoms with Gasteiger partial charge in [-0.2, -0.15) is 13.2 Å². The van der Waals surface area contributed by atoms with Gasteiger partial charge in [0.15, 0.2) is 6.10 Å². The van der Waals surface area contributed by atoms with Gasteiger partial charge >= 0.3 is 12.2 Å². The Kier molecular flexibility index (Phi) is 7.15. The number of rotatable bonds is 5. The monoisotopic (exact) mass is 510 g/mol. The first-order valence-electron chi connectivity index (χ1n) is 12.0. The Hall–Kier alpha value is -2.56. The number of halogens is 3. The van der Waals surface area contributed by atoms with Gasteiger partial charge in [-0.3, -0.25) is 0 Å². The molecule has 3 aliphatic rings. The third kappa shape index (κ3) is 4.86. The number of benzene rings is 1. The van der Waals surface area contributed by atoms with E-state index in [2.05, 4.69) is 10.6 Å². The molecule has 4 atom stereocenters. The van der Waals surface area contributed by atoms with Crippen LogP contribution in [0.1, 0.15) is 50.3 Å². The highest BCUT2D eigenvalue weighted by Crippen LogP contribution is 2.54. The lowest BCUT2D eigenvalue weighted by molar-refractivity contribution is -0.192. The molecule has 1 saturated heterocycles. The summed E-state index contributed by atoms with van der Waals surface area (Å²) >= 11 is 0. The minimum atomic E-state index is -4.92. The van der Waals surface area contributed by atoms with E-state index >= 15 is 0 Å². The summed E-state index contributed by atoms with van der Waals surface area (Å²) in [5.74, 6) is -0.210. The second kappa shape index (κ2) is 9.72. The molecule has 0 spiro atoms. The van der Waals surface area contributed by atoms with Crippen LogP contribution in [0.4, 0.5) is 18.0 Å². The average Bonchev–Trinajstić information content (AvgIpc) is 3.13. The summed E-state index contributed by atoms with van der Waals surface area (Å²) in [4.78, 5) is 13.0. The normalized spacial score (nSPS) is 28.7. The predicted molar refractivity (Wildman–Crippen MR) is 126 cm³/mol. The van der Waals surface area contributed by atoms with Gasteiger partial charge in [0.1, 0.15) is 5.76 Å². The van der Waals surface area contributed by atoms with Gasteiger partial charge in [0.05, 0.1) is 25.0 Å². The molecule has 1 unspecified atom stereocenters. The fourth-order valence-electron chi connectivity index (χ4n) is 5.63. The van der Waals surface area contributed by atoms with Crippen LogP contribution in [0.3, 0.4) is 0 Å². The molecule has 0 radical (unpaired) electrons. The number of aliphatic hydroxyl groups is 2. The number of carbonyl (C=O) groups excluding carboxylic acids is 1. The lowest BCUT2D eigenvalue weighted by Crippen LogP contribution is -2.48. The summed E-state index contributed by atoms with van der Waals surface area (Å²) in [5, 5.41) is 26.3. The Balaban J connectivity index is 1.62. The zero-order valence-electron chi connectivity index (χ0n) is 20.6. The van der Waals surface area contributed by atoms with E-state index in [1.807, 2.05) is 26.0 Å². The zero-order valence-corrected chi connectivity index (χ0v) is 20.6. The molecule has 1 aromatic rings. The Morgan fingerprint density at radius 3 is 2.50 bits per heavy atom. The molecule has 2 aliphatic carbocycles. The molecule has 7 nitrogen and oxygen atoms in total. The van der Waals surface area contributed by atoms with Crippen molar-refractivity contribution in [2.45, 2.75) is 64.0 Å². The summed E-state index contributed by atoms with van der Waals surface area (Å²) in [6.07, 6.45) is -5.29. The fourth-order valence-corrected chi connectivity index (χ4v) is 5.63. The van der Waals surface area contributed by atoms with E-state index in [0.29, 0.717) is 32.5 Å². The lowest BCUT2D eigenvalue weighted by atomic mass is 9.57. The van der Waals surface area contributed by atoms with Crippen LogP contribution in [-0.2, 0) is 15.9 Å². The summed E-state index contributed by atoms with van der Waals surface area (Å²) in [5.41, 5.74) is 0.116. The topological polar surface area (TPSA) is 100 Å². The molecular formula is C26H33F3N2O5. The van der Waals surface area contributed by atoms with Crippen molar-refractivity contribution in [1.29, 1.82) is 0 Å². The van der Waals surface area contributed by atoms with Crippen molar-refractivity contribution in [1.82, 2.24) is 10.6 Å². The Labute approximate surface area is 208 Å². The number of ether oxygens (including phenoxy) is 2. The van der Waals surface area contributed by atoms with Crippen LogP contribution in [-0.4, -0.2) is 54.9 Å². The maximum atomic E-state index is 13.6. The van der Waals surface area contributed by atoms with Crippen LogP contribution in [0.5, 0.6) is 0 Å². The molecule has 1 fully saturated rings. The maximum Gasteiger partial charge on any atom is 0.418 e. The van der Waals surface area contributed by atoms with Crippen molar-refractivity contribution in [3.05, 3.63) is 58.5 Å². The Morgan fingerprint density at radius 2 is 1.89 bits per heavy atom. The SMILES string of the molecule is COC1=C(NC(=O)N[C@@H]2Cc3ccccc3[C@@H]2O)CC(C)(C2(C)CCOCC2)C=C1[C@H](O)C(F)(F)F. The molecule has 0 aromatic heterocycles. The van der Waals surface area contributed by atoms with Crippen molar-refractivity contribution in [2.24, 2.45) is 10.8 Å². The number of allylic oxidation sites excluding steroid dienone is 2. The number of urea groups is 1. The highest BCUT2D eigenvalue weighted by molar-refractivity contribution is 5.77. The molecule has 10 heteroatoms. The Morgan fingerprint density at radius 1 is 1.22 bits per heavy atom. The van der Waals surface area contributed by atoms with Crippen LogP contribution in [0.2, 0.25) is 0 Å². The minimum absolute atomic E-state index is 0.149. The van der Waals surface area contributed by atoms with Crippen LogP contribution in [0.15, 0.2) is 47.4 Å². The number of aliphatic hydroxyl groups excluding tert-OH is 2. The van der Waals surface area contributed by atoms with Crippen molar-refractivity contribution >= 4 is 6.03 Å². The first kappa shape index (κ1) is 26.5. The quantitative estimate of drug-likeness (QED) is 0.482. The number of amides is 2. The van der Waals surface area contributed by atoms with Crippen LogP contribution < -0.4 is 10.6 Å². The second-order valence-electron chi connectivity index (χ2n) is 10.4. The molecular weight excluding hydrogens is 477 g/mol. The average molecular weight is 511 g/mol. The van der Waals surface area contributed by atoms with Gasteiger partial charge in [0, 0.05) is 25.2 Å². The first-order valence-corrected chi connectivity index (χ1v) is 12.0. The summed E-state index contributed by atoms with van der Waals surface area (Å²) in [6.45, 7) is 4.78. The summed E-state index contributed by atoms with van der Waals surface area (Å²) < 4.78 is 51.8. The molecule has 4 N–H and O–H groups in total. The molecule has 2 amide bonds. The number of hydrogen-bond donors (Lipinski definition) is 4. The van der Waals surface area contributed by atoms with Crippen LogP contribution >= 0.6 is 0 Å². The van der Waals surface area contributed by atoms with Gasteiger partial charge in [0.2, 0.25) is 0 Å². The number of alkyl halides is 3. The number of methoxy groups -OCH3 is 1. The molecule has 1 heterocycles. The van der Waals surface area contributed by atoms with Gasteiger partial charge < -0.3 is 30.3 Å².